The van der Waals surface area contributed by atoms with Crippen LogP contribution in [0.4, 0.5) is 26.3 Å². The average Bonchev–Trinajstić information content (AvgIpc) is 2.54. The van der Waals surface area contributed by atoms with Crippen molar-refractivity contribution < 1.29 is 40.9 Å². The molecule has 0 fully saturated rings. The molecule has 0 radical (unpaired) electrons. The fourth-order valence-corrected chi connectivity index (χ4v) is 3.15. The minimum absolute atomic E-state index is 0.105. The summed E-state index contributed by atoms with van der Waals surface area (Å²) in [4.78, 5) is 0. The molecule has 1 heterocycles. The fraction of sp³-hybridized carbons (Fsp3) is 0.333. The number of rotatable bonds is 4. The fourth-order valence-electron chi connectivity index (χ4n) is 3.15. The summed E-state index contributed by atoms with van der Waals surface area (Å²) in [5, 5.41) is 12.8. The largest absolute Gasteiger partial charge is 0.573 e. The Morgan fingerprint density at radius 2 is 1.61 bits per heavy atom. The maximum Gasteiger partial charge on any atom is 0.573 e. The van der Waals surface area contributed by atoms with Crippen molar-refractivity contribution in [3.05, 3.63) is 53.1 Å². The normalized spacial score (nSPS) is 17.1. The molecule has 2 N–H and O–H groups in total. The number of hydrogen-bond acceptors (Lipinski definition) is 4. The molecule has 1 aliphatic heterocycles. The topological polar surface area (TPSA) is 50.7 Å². The molecule has 0 amide bonds. The Balaban J connectivity index is 1.88. The van der Waals surface area contributed by atoms with Crippen LogP contribution in [0, 0.1) is 0 Å². The summed E-state index contributed by atoms with van der Waals surface area (Å²) >= 11 is 0. The van der Waals surface area contributed by atoms with Crippen LogP contribution in [0.25, 0.3) is 0 Å². The molecule has 4 nitrogen and oxygen atoms in total. The van der Waals surface area contributed by atoms with Crippen LogP contribution in [0.5, 0.6) is 17.2 Å². The number of benzene rings is 2. The van der Waals surface area contributed by atoms with Gasteiger partial charge >= 0.3 is 12.7 Å². The van der Waals surface area contributed by atoms with E-state index in [1.807, 2.05) is 0 Å². The molecule has 3 rings (SSSR count). The van der Waals surface area contributed by atoms with E-state index >= 15 is 0 Å². The number of phenols is 1. The van der Waals surface area contributed by atoms with Crippen molar-refractivity contribution in [3.8, 4) is 17.2 Å². The molecule has 10 heteroatoms. The number of ether oxygens (including phenoxy) is 2. The van der Waals surface area contributed by atoms with Gasteiger partial charge in [0.25, 0.3) is 0 Å². The second-order valence-electron chi connectivity index (χ2n) is 6.22. The zero-order chi connectivity index (χ0) is 20.5. The molecule has 28 heavy (non-hydrogen) atoms. The van der Waals surface area contributed by atoms with Crippen LogP contribution in [-0.2, 0) is 12.8 Å². The number of halogens is 6. The van der Waals surface area contributed by atoms with E-state index in [1.165, 1.54) is 12.1 Å². The third-order valence-corrected chi connectivity index (χ3v) is 4.19. The maximum absolute atomic E-state index is 12.6. The Hall–Kier alpha value is -2.62. The van der Waals surface area contributed by atoms with Crippen LogP contribution in [-0.4, -0.2) is 24.4 Å². The van der Waals surface area contributed by atoms with Gasteiger partial charge in [0.1, 0.15) is 5.75 Å². The first-order valence-electron chi connectivity index (χ1n) is 8.20. The number of hydrogen-bond donors (Lipinski definition) is 2. The first-order chi connectivity index (χ1) is 13.0. The summed E-state index contributed by atoms with van der Waals surface area (Å²) in [5.41, 5.74) is 2.08. The summed E-state index contributed by atoms with van der Waals surface area (Å²) < 4.78 is 82.4. The van der Waals surface area contributed by atoms with E-state index in [0.29, 0.717) is 18.5 Å². The maximum atomic E-state index is 12.6. The van der Waals surface area contributed by atoms with Gasteiger partial charge in [-0.05, 0) is 60.3 Å². The Bertz CT molecular complexity index is 850. The molecule has 0 aliphatic carbocycles. The highest BCUT2D eigenvalue weighted by Gasteiger charge is 2.36. The summed E-state index contributed by atoms with van der Waals surface area (Å²) in [6.45, 7) is 0.586. The predicted octanol–water partition coefficient (Wildman–Crippen LogP) is 4.62. The molecular formula is C18H15F6NO3. The number of alkyl halides is 6. The first kappa shape index (κ1) is 20.1. The number of phenolic OH excluding ortho intramolecular Hbond substituents is 1. The number of aromatic hydroxyl groups is 1. The zero-order valence-electron chi connectivity index (χ0n) is 14.2. The smallest absolute Gasteiger partial charge is 0.508 e. The predicted molar refractivity (Wildman–Crippen MR) is 86.1 cm³/mol. The number of nitrogens with one attached hydrogen (secondary N) is 1. The van der Waals surface area contributed by atoms with Gasteiger partial charge in [0.2, 0.25) is 0 Å². The first-order valence-corrected chi connectivity index (χ1v) is 8.20. The van der Waals surface area contributed by atoms with E-state index in [4.69, 9.17) is 0 Å². The Kier molecular flexibility index (Phi) is 5.33. The van der Waals surface area contributed by atoms with Gasteiger partial charge in [0, 0.05) is 6.04 Å². The Morgan fingerprint density at radius 1 is 0.929 bits per heavy atom. The van der Waals surface area contributed by atoms with Gasteiger partial charge in [-0.25, -0.2) is 0 Å². The van der Waals surface area contributed by atoms with Crippen LogP contribution < -0.4 is 14.8 Å². The third-order valence-electron chi connectivity index (χ3n) is 4.19. The van der Waals surface area contributed by atoms with Crippen molar-refractivity contribution in [2.75, 3.05) is 6.54 Å². The Labute approximate surface area is 155 Å². The van der Waals surface area contributed by atoms with Crippen LogP contribution >= 0.6 is 0 Å². The number of fused-ring (bicyclic) bond motifs is 1. The summed E-state index contributed by atoms with van der Waals surface area (Å²) in [5.74, 6) is -2.03. The van der Waals surface area contributed by atoms with Gasteiger partial charge in [-0.3, -0.25) is 0 Å². The molecule has 0 spiro atoms. The molecule has 1 unspecified atom stereocenters. The lowest BCUT2D eigenvalue weighted by Crippen LogP contribution is -2.31. The van der Waals surface area contributed by atoms with E-state index < -0.39 is 24.2 Å². The summed E-state index contributed by atoms with van der Waals surface area (Å²) in [6, 6.07) is 7.46. The molecule has 0 saturated carbocycles. The van der Waals surface area contributed by atoms with Gasteiger partial charge in [-0.1, -0.05) is 12.1 Å². The minimum atomic E-state index is -5.17. The molecule has 2 aromatic carbocycles. The molecular weight excluding hydrogens is 392 g/mol. The monoisotopic (exact) mass is 407 g/mol. The van der Waals surface area contributed by atoms with Crippen LogP contribution in [0.15, 0.2) is 36.4 Å². The van der Waals surface area contributed by atoms with E-state index in [9.17, 15) is 31.4 Å². The van der Waals surface area contributed by atoms with Crippen molar-refractivity contribution in [2.45, 2.75) is 31.6 Å². The lowest BCUT2D eigenvalue weighted by Gasteiger charge is -2.27. The van der Waals surface area contributed by atoms with Crippen LogP contribution in [0.2, 0.25) is 0 Å². The third kappa shape index (κ3) is 5.22. The second-order valence-corrected chi connectivity index (χ2v) is 6.22. The van der Waals surface area contributed by atoms with Gasteiger partial charge in [-0.15, -0.1) is 26.3 Å². The molecule has 1 aliphatic rings. The van der Waals surface area contributed by atoms with Crippen molar-refractivity contribution in [3.63, 3.8) is 0 Å². The van der Waals surface area contributed by atoms with Crippen molar-refractivity contribution in [1.82, 2.24) is 5.32 Å². The average molecular weight is 407 g/mol. The molecule has 0 saturated heterocycles. The quantitative estimate of drug-likeness (QED) is 0.727. The minimum Gasteiger partial charge on any atom is -0.508 e. The van der Waals surface area contributed by atoms with Crippen molar-refractivity contribution in [1.29, 1.82) is 0 Å². The SMILES string of the molecule is Oc1ccc2c(c1)CCNC2Cc1ccc(OC(F)(F)F)c(OC(F)(F)F)c1. The van der Waals surface area contributed by atoms with Gasteiger partial charge < -0.3 is 19.9 Å². The standard InChI is InChI=1S/C18H15F6NO3/c19-17(20,21)27-15-4-1-10(8-16(15)28-18(22,23)24)7-14-13-3-2-12(26)9-11(13)5-6-25-14/h1-4,8-9,14,25-26H,5-7H2. The van der Waals surface area contributed by atoms with Gasteiger partial charge in [0.05, 0.1) is 0 Å². The van der Waals surface area contributed by atoms with Gasteiger partial charge in [0.15, 0.2) is 11.5 Å². The van der Waals surface area contributed by atoms with Crippen molar-refractivity contribution >= 4 is 0 Å². The molecule has 0 aromatic heterocycles. The summed E-state index contributed by atoms with van der Waals surface area (Å²) in [7, 11) is 0. The van der Waals surface area contributed by atoms with E-state index in [0.717, 1.165) is 23.3 Å². The summed E-state index contributed by atoms with van der Waals surface area (Å²) in [6.07, 6.45) is -9.45. The lowest BCUT2D eigenvalue weighted by atomic mass is 9.90. The highest BCUT2D eigenvalue weighted by Crippen LogP contribution is 2.37. The van der Waals surface area contributed by atoms with Gasteiger partial charge in [-0.2, -0.15) is 0 Å². The highest BCUT2D eigenvalue weighted by molar-refractivity contribution is 5.45. The van der Waals surface area contributed by atoms with E-state index in [1.54, 1.807) is 12.1 Å². The highest BCUT2D eigenvalue weighted by atomic mass is 19.4. The zero-order valence-corrected chi connectivity index (χ0v) is 14.2. The van der Waals surface area contributed by atoms with Crippen LogP contribution in [0.3, 0.4) is 0 Å². The van der Waals surface area contributed by atoms with E-state index in [2.05, 4.69) is 14.8 Å². The van der Waals surface area contributed by atoms with Crippen molar-refractivity contribution in [2.24, 2.45) is 0 Å². The Morgan fingerprint density at radius 3 is 2.29 bits per heavy atom. The van der Waals surface area contributed by atoms with E-state index in [-0.39, 0.29) is 18.2 Å². The molecule has 2 aromatic rings. The molecule has 0 bridgehead atoms. The van der Waals surface area contributed by atoms with Crippen LogP contribution in [0.1, 0.15) is 22.7 Å². The molecule has 152 valence electrons. The second kappa shape index (κ2) is 7.42. The lowest BCUT2D eigenvalue weighted by molar-refractivity contribution is -0.287. The molecule has 1 atom stereocenters.